The number of aldehydes is 1. The second-order valence-electron chi connectivity index (χ2n) is 2.97. The van der Waals surface area contributed by atoms with Gasteiger partial charge in [-0.3, -0.25) is 4.79 Å². The average molecular weight is 204 g/mol. The Morgan fingerprint density at radius 2 is 2.33 bits per heavy atom. The second kappa shape index (κ2) is 3.53. The number of rotatable bonds is 2. The van der Waals surface area contributed by atoms with E-state index >= 15 is 0 Å². The number of aromatic amines is 1. The monoisotopic (exact) mass is 204 g/mol. The number of ether oxygens (including phenoxy) is 1. The smallest absolute Gasteiger partial charge is 0.356 e. The number of pyridine rings is 1. The van der Waals surface area contributed by atoms with Crippen molar-refractivity contribution in [1.82, 2.24) is 9.97 Å². The first-order chi connectivity index (χ1) is 7.24. The van der Waals surface area contributed by atoms with Gasteiger partial charge in [0.15, 0.2) is 12.0 Å². The number of methoxy groups -OCH3 is 1. The lowest BCUT2D eigenvalue weighted by atomic mass is 10.3. The van der Waals surface area contributed by atoms with Crippen LogP contribution in [0.15, 0.2) is 18.2 Å². The predicted molar refractivity (Wildman–Crippen MR) is 52.8 cm³/mol. The van der Waals surface area contributed by atoms with E-state index in [0.29, 0.717) is 17.6 Å². The number of fused-ring (bicyclic) bond motifs is 1. The molecule has 0 spiro atoms. The van der Waals surface area contributed by atoms with Crippen LogP contribution in [0.1, 0.15) is 21.0 Å². The second-order valence-corrected chi connectivity index (χ2v) is 2.97. The fraction of sp³-hybridized carbons (Fsp3) is 0.100. The maximum atomic E-state index is 11.2. The number of nitrogens with one attached hydrogen (secondary N) is 1. The summed E-state index contributed by atoms with van der Waals surface area (Å²) in [6.07, 6.45) is 0.694. The number of nitrogens with zero attached hydrogens (tertiary/aromatic N) is 1. The summed E-state index contributed by atoms with van der Waals surface area (Å²) < 4.78 is 4.53. The van der Waals surface area contributed by atoms with E-state index < -0.39 is 5.97 Å². The van der Waals surface area contributed by atoms with Crippen molar-refractivity contribution >= 4 is 23.3 Å². The van der Waals surface area contributed by atoms with Gasteiger partial charge in [-0.05, 0) is 18.2 Å². The number of carbonyl (C=O) groups excluding carboxylic acids is 2. The van der Waals surface area contributed by atoms with Crippen LogP contribution < -0.4 is 0 Å². The molecule has 0 aliphatic carbocycles. The molecule has 0 aliphatic heterocycles. The highest BCUT2D eigenvalue weighted by molar-refractivity contribution is 5.92. The van der Waals surface area contributed by atoms with Crippen LogP contribution in [-0.2, 0) is 4.74 Å². The molecule has 0 fully saturated rings. The predicted octanol–water partition coefficient (Wildman–Crippen LogP) is 1.16. The average Bonchev–Trinajstić information content (AvgIpc) is 2.69. The third kappa shape index (κ3) is 1.59. The molecule has 0 amide bonds. The van der Waals surface area contributed by atoms with Crippen molar-refractivity contribution in [3.05, 3.63) is 29.6 Å². The van der Waals surface area contributed by atoms with Crippen LogP contribution in [0.4, 0.5) is 0 Å². The van der Waals surface area contributed by atoms with Crippen molar-refractivity contribution < 1.29 is 14.3 Å². The van der Waals surface area contributed by atoms with Crippen molar-refractivity contribution in [3.8, 4) is 0 Å². The zero-order valence-corrected chi connectivity index (χ0v) is 7.98. The maximum absolute atomic E-state index is 11.2. The summed E-state index contributed by atoms with van der Waals surface area (Å²) in [6.45, 7) is 0. The van der Waals surface area contributed by atoms with Crippen molar-refractivity contribution in [1.29, 1.82) is 0 Å². The lowest BCUT2D eigenvalue weighted by Crippen LogP contribution is -2.03. The topological polar surface area (TPSA) is 72.1 Å². The number of hydrogen-bond donors (Lipinski definition) is 1. The van der Waals surface area contributed by atoms with Crippen LogP contribution in [0, 0.1) is 0 Å². The van der Waals surface area contributed by atoms with E-state index in [2.05, 4.69) is 14.7 Å². The molecule has 0 bridgehead atoms. The van der Waals surface area contributed by atoms with Crippen LogP contribution in [0.2, 0.25) is 0 Å². The summed E-state index contributed by atoms with van der Waals surface area (Å²) in [4.78, 5) is 28.5. The van der Waals surface area contributed by atoms with E-state index in [-0.39, 0.29) is 5.69 Å². The quantitative estimate of drug-likeness (QED) is 0.588. The Kier molecular flexibility index (Phi) is 2.21. The van der Waals surface area contributed by atoms with E-state index in [4.69, 9.17) is 0 Å². The van der Waals surface area contributed by atoms with E-state index in [1.807, 2.05) is 0 Å². The molecule has 0 aliphatic rings. The summed E-state index contributed by atoms with van der Waals surface area (Å²) in [6, 6.07) is 4.92. The highest BCUT2D eigenvalue weighted by atomic mass is 16.5. The summed E-state index contributed by atoms with van der Waals surface area (Å²) in [5.74, 6) is -0.501. The number of H-pyrrole nitrogens is 1. The van der Waals surface area contributed by atoms with Gasteiger partial charge in [-0.25, -0.2) is 9.78 Å². The molecule has 2 aromatic rings. The Labute approximate surface area is 85.1 Å². The molecule has 76 valence electrons. The first kappa shape index (κ1) is 9.39. The summed E-state index contributed by atoms with van der Waals surface area (Å²) in [5.41, 5.74) is 1.14. The van der Waals surface area contributed by atoms with Crippen molar-refractivity contribution in [2.45, 2.75) is 0 Å². The molecule has 5 heteroatoms. The third-order valence-electron chi connectivity index (χ3n) is 2.02. The fourth-order valence-electron chi connectivity index (χ4n) is 1.31. The van der Waals surface area contributed by atoms with Crippen LogP contribution >= 0.6 is 0 Å². The van der Waals surface area contributed by atoms with Crippen LogP contribution in [-0.4, -0.2) is 29.3 Å². The fourth-order valence-corrected chi connectivity index (χ4v) is 1.31. The van der Waals surface area contributed by atoms with Crippen LogP contribution in [0.25, 0.3) is 11.0 Å². The number of carbonyl (C=O) groups is 2. The van der Waals surface area contributed by atoms with Crippen molar-refractivity contribution in [3.63, 3.8) is 0 Å². The maximum Gasteiger partial charge on any atom is 0.356 e. The van der Waals surface area contributed by atoms with Gasteiger partial charge in [-0.1, -0.05) is 0 Å². The van der Waals surface area contributed by atoms with Crippen molar-refractivity contribution in [2.24, 2.45) is 0 Å². The molecular formula is C10H8N2O3. The molecule has 5 nitrogen and oxygen atoms in total. The Morgan fingerprint density at radius 1 is 1.53 bits per heavy atom. The van der Waals surface area contributed by atoms with E-state index in [9.17, 15) is 9.59 Å². The molecule has 0 saturated carbocycles. The molecule has 0 aromatic carbocycles. The SMILES string of the molecule is COC(=O)c1ccc2cc(C=O)[nH]c2n1. The van der Waals surface area contributed by atoms with Gasteiger partial charge in [0.1, 0.15) is 5.65 Å². The lowest BCUT2D eigenvalue weighted by Gasteiger charge is -1.97. The molecule has 0 radical (unpaired) electrons. The first-order valence-corrected chi connectivity index (χ1v) is 4.28. The molecule has 2 heterocycles. The summed E-state index contributed by atoms with van der Waals surface area (Å²) >= 11 is 0. The number of esters is 1. The first-order valence-electron chi connectivity index (χ1n) is 4.28. The van der Waals surface area contributed by atoms with Gasteiger partial charge in [0.2, 0.25) is 0 Å². The van der Waals surface area contributed by atoms with Gasteiger partial charge in [0, 0.05) is 5.39 Å². The molecule has 0 atom stereocenters. The van der Waals surface area contributed by atoms with Crippen molar-refractivity contribution in [2.75, 3.05) is 7.11 Å². The Balaban J connectivity index is 2.55. The highest BCUT2D eigenvalue weighted by Crippen LogP contribution is 2.13. The van der Waals surface area contributed by atoms with Crippen LogP contribution in [0.3, 0.4) is 0 Å². The largest absolute Gasteiger partial charge is 0.464 e. The van der Waals surface area contributed by atoms with E-state index in [0.717, 1.165) is 5.39 Å². The number of hydrogen-bond acceptors (Lipinski definition) is 4. The molecule has 0 unspecified atom stereocenters. The molecule has 2 aromatic heterocycles. The van der Waals surface area contributed by atoms with Gasteiger partial charge >= 0.3 is 5.97 Å². The van der Waals surface area contributed by atoms with Gasteiger partial charge in [0.05, 0.1) is 12.8 Å². The summed E-state index contributed by atoms with van der Waals surface area (Å²) in [7, 11) is 1.29. The minimum Gasteiger partial charge on any atom is -0.464 e. The Bertz CT molecular complexity index is 530. The lowest BCUT2D eigenvalue weighted by molar-refractivity contribution is 0.0594. The standard InChI is InChI=1S/C10H8N2O3/c1-15-10(14)8-3-2-6-4-7(5-13)11-9(6)12-8/h2-5H,1H3,(H,11,12). The summed E-state index contributed by atoms with van der Waals surface area (Å²) in [5, 5.41) is 0.782. The Hall–Kier alpha value is -2.17. The van der Waals surface area contributed by atoms with E-state index in [1.54, 1.807) is 18.2 Å². The molecule has 15 heavy (non-hydrogen) atoms. The minimum atomic E-state index is -0.501. The number of aromatic nitrogens is 2. The normalized spacial score (nSPS) is 10.2. The van der Waals surface area contributed by atoms with Gasteiger partial charge in [-0.15, -0.1) is 0 Å². The van der Waals surface area contributed by atoms with Gasteiger partial charge < -0.3 is 9.72 Å². The third-order valence-corrected chi connectivity index (χ3v) is 2.02. The molecule has 1 N–H and O–H groups in total. The zero-order valence-electron chi connectivity index (χ0n) is 7.98. The minimum absolute atomic E-state index is 0.212. The van der Waals surface area contributed by atoms with E-state index in [1.165, 1.54) is 7.11 Å². The molecular weight excluding hydrogens is 196 g/mol. The van der Waals surface area contributed by atoms with Gasteiger partial charge in [0.25, 0.3) is 0 Å². The highest BCUT2D eigenvalue weighted by Gasteiger charge is 2.09. The van der Waals surface area contributed by atoms with Crippen LogP contribution in [0.5, 0.6) is 0 Å². The zero-order chi connectivity index (χ0) is 10.8. The molecule has 2 rings (SSSR count). The Morgan fingerprint density at radius 3 is 3.00 bits per heavy atom. The molecule has 0 saturated heterocycles. The van der Waals surface area contributed by atoms with Gasteiger partial charge in [-0.2, -0.15) is 0 Å².